The highest BCUT2D eigenvalue weighted by Crippen LogP contribution is 2.27. The number of para-hydroxylation sites is 1. The highest BCUT2D eigenvalue weighted by molar-refractivity contribution is 5.67. The first kappa shape index (κ1) is 14.1. The Balaban J connectivity index is 2.19. The van der Waals surface area contributed by atoms with Crippen LogP contribution in [0.15, 0.2) is 28.8 Å². The first-order valence-electron chi connectivity index (χ1n) is 6.38. The van der Waals surface area contributed by atoms with E-state index in [0.717, 1.165) is 6.42 Å². The van der Waals surface area contributed by atoms with Gasteiger partial charge in [-0.15, -0.1) is 0 Å². The number of nitro benzene ring substituents is 1. The van der Waals surface area contributed by atoms with Crippen LogP contribution in [-0.4, -0.2) is 21.6 Å². The molecule has 7 heteroatoms. The zero-order chi connectivity index (χ0) is 14.5. The maximum Gasteiger partial charge on any atom is 0.280 e. The molecule has 1 aromatic heterocycles. The minimum atomic E-state index is -0.456. The summed E-state index contributed by atoms with van der Waals surface area (Å²) in [6, 6.07) is 6.33. The van der Waals surface area contributed by atoms with Crippen LogP contribution in [0.1, 0.15) is 19.2 Å². The zero-order valence-electron chi connectivity index (χ0n) is 11.2. The minimum Gasteiger partial charge on any atom is -0.339 e. The van der Waals surface area contributed by atoms with Gasteiger partial charge in [0, 0.05) is 12.5 Å². The Morgan fingerprint density at radius 2 is 2.20 bits per heavy atom. The molecule has 0 radical (unpaired) electrons. The van der Waals surface area contributed by atoms with Crippen LogP contribution in [0, 0.1) is 16.0 Å². The van der Waals surface area contributed by atoms with Gasteiger partial charge in [0.2, 0.25) is 11.7 Å². The number of benzene rings is 1. The van der Waals surface area contributed by atoms with Gasteiger partial charge in [-0.2, -0.15) is 4.98 Å². The average molecular weight is 276 g/mol. The number of hydrogen-bond acceptors (Lipinski definition) is 6. The van der Waals surface area contributed by atoms with Crippen LogP contribution in [0.3, 0.4) is 0 Å². The van der Waals surface area contributed by atoms with Crippen LogP contribution in [0.2, 0.25) is 0 Å². The van der Waals surface area contributed by atoms with Crippen molar-refractivity contribution in [3.05, 3.63) is 40.3 Å². The van der Waals surface area contributed by atoms with Gasteiger partial charge in [-0.25, -0.2) is 0 Å². The molecule has 2 N–H and O–H groups in total. The number of aryl methyl sites for hydroxylation is 1. The molecule has 106 valence electrons. The van der Waals surface area contributed by atoms with Crippen molar-refractivity contribution in [3.8, 4) is 11.4 Å². The van der Waals surface area contributed by atoms with Gasteiger partial charge >= 0.3 is 0 Å². The summed E-state index contributed by atoms with van der Waals surface area (Å²) >= 11 is 0. The van der Waals surface area contributed by atoms with Gasteiger partial charge < -0.3 is 10.3 Å². The Bertz CT molecular complexity index is 597. The molecule has 0 aliphatic carbocycles. The summed E-state index contributed by atoms with van der Waals surface area (Å²) in [4.78, 5) is 14.7. The summed E-state index contributed by atoms with van der Waals surface area (Å²) in [6.07, 6.45) is 1.46. The van der Waals surface area contributed by atoms with Gasteiger partial charge in [0.25, 0.3) is 5.69 Å². The third kappa shape index (κ3) is 3.18. The number of nitrogens with two attached hydrogens (primary N) is 1. The van der Waals surface area contributed by atoms with Gasteiger partial charge in [-0.1, -0.05) is 24.2 Å². The van der Waals surface area contributed by atoms with Crippen molar-refractivity contribution in [3.63, 3.8) is 0 Å². The second kappa shape index (κ2) is 6.25. The molecule has 0 aliphatic rings. The summed E-state index contributed by atoms with van der Waals surface area (Å²) in [5.74, 6) is 1.09. The molecule has 0 aliphatic heterocycles. The number of hydrogen-bond donors (Lipinski definition) is 1. The van der Waals surface area contributed by atoms with E-state index in [1.807, 2.05) is 6.92 Å². The molecule has 1 heterocycles. The minimum absolute atomic E-state index is 0.0322. The van der Waals surface area contributed by atoms with E-state index in [1.165, 1.54) is 6.07 Å². The molecule has 2 rings (SSSR count). The molecular formula is C13H16N4O3. The van der Waals surface area contributed by atoms with Crippen LogP contribution >= 0.6 is 0 Å². The highest BCUT2D eigenvalue weighted by atomic mass is 16.6. The Labute approximate surface area is 115 Å². The van der Waals surface area contributed by atoms with E-state index in [-0.39, 0.29) is 11.5 Å². The number of aromatic nitrogens is 2. The van der Waals surface area contributed by atoms with E-state index in [1.54, 1.807) is 18.2 Å². The van der Waals surface area contributed by atoms with Crippen molar-refractivity contribution in [2.24, 2.45) is 11.7 Å². The fourth-order valence-corrected chi connectivity index (χ4v) is 1.78. The van der Waals surface area contributed by atoms with Crippen molar-refractivity contribution in [2.45, 2.75) is 19.8 Å². The van der Waals surface area contributed by atoms with Crippen LogP contribution in [0.4, 0.5) is 5.69 Å². The lowest BCUT2D eigenvalue weighted by Crippen LogP contribution is -2.11. The van der Waals surface area contributed by atoms with Crippen molar-refractivity contribution >= 4 is 5.69 Å². The maximum atomic E-state index is 11.0. The molecule has 0 saturated heterocycles. The Kier molecular flexibility index (Phi) is 4.41. The van der Waals surface area contributed by atoms with Crippen molar-refractivity contribution < 1.29 is 9.45 Å². The van der Waals surface area contributed by atoms with Crippen molar-refractivity contribution in [1.29, 1.82) is 0 Å². The van der Waals surface area contributed by atoms with Crippen LogP contribution in [0.5, 0.6) is 0 Å². The molecule has 2 aromatic rings. The van der Waals surface area contributed by atoms with E-state index in [2.05, 4.69) is 10.1 Å². The third-order valence-electron chi connectivity index (χ3n) is 3.06. The molecule has 0 saturated carbocycles. The quantitative estimate of drug-likeness (QED) is 0.639. The molecular weight excluding hydrogens is 260 g/mol. The predicted octanol–water partition coefficient (Wildman–Crippen LogP) is 2.17. The number of rotatable bonds is 6. The van der Waals surface area contributed by atoms with Gasteiger partial charge in [-0.3, -0.25) is 10.1 Å². The maximum absolute atomic E-state index is 11.0. The topological polar surface area (TPSA) is 108 Å². The van der Waals surface area contributed by atoms with E-state index in [9.17, 15) is 10.1 Å². The summed E-state index contributed by atoms with van der Waals surface area (Å²) in [6.45, 7) is 2.64. The Morgan fingerprint density at radius 1 is 1.45 bits per heavy atom. The monoisotopic (exact) mass is 276 g/mol. The summed E-state index contributed by atoms with van der Waals surface area (Å²) in [5.41, 5.74) is 5.87. The molecule has 0 spiro atoms. The average Bonchev–Trinajstić information content (AvgIpc) is 2.93. The van der Waals surface area contributed by atoms with E-state index in [0.29, 0.717) is 30.3 Å². The lowest BCUT2D eigenvalue weighted by atomic mass is 10.1. The van der Waals surface area contributed by atoms with E-state index < -0.39 is 4.92 Å². The van der Waals surface area contributed by atoms with Crippen LogP contribution in [-0.2, 0) is 6.42 Å². The molecule has 20 heavy (non-hydrogen) atoms. The van der Waals surface area contributed by atoms with Gasteiger partial charge in [0.05, 0.1) is 4.92 Å². The smallest absolute Gasteiger partial charge is 0.280 e. The molecule has 1 atom stereocenters. The van der Waals surface area contributed by atoms with Crippen LogP contribution in [0.25, 0.3) is 11.4 Å². The third-order valence-corrected chi connectivity index (χ3v) is 3.06. The number of nitrogens with zero attached hydrogens (tertiary/aromatic N) is 3. The molecule has 0 fully saturated rings. The fraction of sp³-hybridized carbons (Fsp3) is 0.385. The lowest BCUT2D eigenvalue weighted by molar-refractivity contribution is -0.384. The van der Waals surface area contributed by atoms with Gasteiger partial charge in [0.1, 0.15) is 5.56 Å². The van der Waals surface area contributed by atoms with Gasteiger partial charge in [-0.05, 0) is 24.9 Å². The van der Waals surface area contributed by atoms with E-state index >= 15 is 0 Å². The zero-order valence-corrected chi connectivity index (χ0v) is 11.2. The number of nitro groups is 1. The van der Waals surface area contributed by atoms with Crippen molar-refractivity contribution in [2.75, 3.05) is 6.54 Å². The summed E-state index contributed by atoms with van der Waals surface area (Å²) in [5, 5.41) is 14.8. The fourth-order valence-electron chi connectivity index (χ4n) is 1.78. The van der Waals surface area contributed by atoms with Gasteiger partial charge in [0.15, 0.2) is 0 Å². The Hall–Kier alpha value is -2.28. The molecule has 1 aromatic carbocycles. The SMILES string of the molecule is CC(CN)CCc1nc(-c2ccccc2[N+](=O)[O-])no1. The standard InChI is InChI=1S/C13H16N4O3/c1-9(8-14)6-7-12-15-13(16-20-12)10-4-2-3-5-11(10)17(18)19/h2-5,9H,6-8,14H2,1H3. The molecule has 0 bridgehead atoms. The van der Waals surface area contributed by atoms with E-state index in [4.69, 9.17) is 10.3 Å². The summed E-state index contributed by atoms with van der Waals surface area (Å²) < 4.78 is 5.12. The molecule has 0 amide bonds. The lowest BCUT2D eigenvalue weighted by Gasteiger charge is -2.03. The second-order valence-electron chi connectivity index (χ2n) is 4.67. The second-order valence-corrected chi connectivity index (χ2v) is 4.67. The Morgan fingerprint density at radius 3 is 2.90 bits per heavy atom. The van der Waals surface area contributed by atoms with Crippen molar-refractivity contribution in [1.82, 2.24) is 10.1 Å². The highest BCUT2D eigenvalue weighted by Gasteiger charge is 2.19. The molecule has 1 unspecified atom stereocenters. The molecule has 7 nitrogen and oxygen atoms in total. The summed E-state index contributed by atoms with van der Waals surface area (Å²) in [7, 11) is 0. The van der Waals surface area contributed by atoms with Crippen LogP contribution < -0.4 is 5.73 Å². The first-order chi connectivity index (χ1) is 9.61. The largest absolute Gasteiger partial charge is 0.339 e. The normalized spacial score (nSPS) is 12.3. The first-order valence-corrected chi connectivity index (χ1v) is 6.38. The predicted molar refractivity (Wildman–Crippen MR) is 72.9 cm³/mol.